The summed E-state index contributed by atoms with van der Waals surface area (Å²) in [5.41, 5.74) is 7.73. The van der Waals surface area contributed by atoms with Crippen molar-refractivity contribution in [2.24, 2.45) is 0 Å². The fourth-order valence-electron chi connectivity index (χ4n) is 4.14. The molecule has 1 aliphatic rings. The number of hydrogen-bond donors (Lipinski definition) is 0. The van der Waals surface area contributed by atoms with E-state index in [9.17, 15) is 0 Å². The minimum Gasteiger partial charge on any atom is -0.493 e. The molecule has 0 spiro atoms. The van der Waals surface area contributed by atoms with Crippen molar-refractivity contribution >= 4 is 11.0 Å². The van der Waals surface area contributed by atoms with Crippen LogP contribution in [-0.2, 0) is 13.1 Å². The van der Waals surface area contributed by atoms with Crippen LogP contribution in [0.5, 0.6) is 11.5 Å². The predicted molar refractivity (Wildman–Crippen MR) is 123 cm³/mol. The zero-order valence-electron chi connectivity index (χ0n) is 18.5. The average molecular weight is 428 g/mol. The Hall–Kier alpha value is -3.58. The summed E-state index contributed by atoms with van der Waals surface area (Å²) in [6.07, 6.45) is 5.24. The van der Waals surface area contributed by atoms with Crippen molar-refractivity contribution < 1.29 is 9.47 Å². The van der Waals surface area contributed by atoms with Crippen LogP contribution in [-0.4, -0.2) is 45.1 Å². The van der Waals surface area contributed by atoms with E-state index in [2.05, 4.69) is 38.1 Å². The number of fused-ring (bicyclic) bond motifs is 2. The molecule has 0 saturated carbocycles. The molecule has 0 N–H and O–H groups in total. The van der Waals surface area contributed by atoms with Gasteiger partial charge in [0, 0.05) is 49.4 Å². The molecule has 0 atom stereocenters. The zero-order valence-corrected chi connectivity index (χ0v) is 18.5. The fraction of sp³-hybridized carbons (Fsp3) is 0.280. The molecule has 0 bridgehead atoms. The van der Waals surface area contributed by atoms with E-state index in [1.807, 2.05) is 26.0 Å². The summed E-state index contributed by atoms with van der Waals surface area (Å²) < 4.78 is 11.8. The molecule has 7 heteroatoms. The van der Waals surface area contributed by atoms with Crippen molar-refractivity contribution in [3.63, 3.8) is 0 Å². The number of ether oxygens (including phenoxy) is 2. The van der Waals surface area contributed by atoms with Crippen molar-refractivity contribution in [2.45, 2.75) is 26.9 Å². The number of hydrogen-bond acceptors (Lipinski definition) is 7. The fourth-order valence-corrected chi connectivity index (χ4v) is 4.14. The Morgan fingerprint density at radius 2 is 1.88 bits per heavy atom. The van der Waals surface area contributed by atoms with Crippen LogP contribution in [0.2, 0.25) is 0 Å². The SMILES string of the molecule is COc1cc(-c2nc(C)cnc2C)cc2c1OCCN(Cc1ccc3nccnc3c1)C2. The van der Waals surface area contributed by atoms with E-state index in [0.717, 1.165) is 70.4 Å². The maximum Gasteiger partial charge on any atom is 0.165 e. The third-order valence-corrected chi connectivity index (χ3v) is 5.69. The minimum absolute atomic E-state index is 0.597. The van der Waals surface area contributed by atoms with Crippen molar-refractivity contribution in [1.82, 2.24) is 24.8 Å². The van der Waals surface area contributed by atoms with Crippen LogP contribution >= 0.6 is 0 Å². The molecule has 0 unspecified atom stereocenters. The van der Waals surface area contributed by atoms with Gasteiger partial charge in [-0.1, -0.05) is 6.07 Å². The van der Waals surface area contributed by atoms with Crippen molar-refractivity contribution in [3.8, 4) is 22.8 Å². The molecule has 2 aromatic heterocycles. The maximum absolute atomic E-state index is 6.13. The van der Waals surface area contributed by atoms with E-state index in [-0.39, 0.29) is 0 Å². The first kappa shape index (κ1) is 20.3. The average Bonchev–Trinajstić information content (AvgIpc) is 3.01. The first-order valence-electron chi connectivity index (χ1n) is 10.7. The molecule has 162 valence electrons. The van der Waals surface area contributed by atoms with E-state index in [0.29, 0.717) is 6.61 Å². The summed E-state index contributed by atoms with van der Waals surface area (Å²) >= 11 is 0. The van der Waals surface area contributed by atoms with Gasteiger partial charge in [0.05, 0.1) is 35.2 Å². The quantitative estimate of drug-likeness (QED) is 0.485. The van der Waals surface area contributed by atoms with Crippen LogP contribution < -0.4 is 9.47 Å². The van der Waals surface area contributed by atoms with Crippen LogP contribution in [0.3, 0.4) is 0 Å². The van der Waals surface area contributed by atoms with Gasteiger partial charge in [0.2, 0.25) is 0 Å². The molecule has 4 aromatic rings. The Labute approximate surface area is 187 Å². The molecule has 0 aliphatic carbocycles. The molecule has 32 heavy (non-hydrogen) atoms. The van der Waals surface area contributed by atoms with Crippen LogP contribution in [0.25, 0.3) is 22.3 Å². The van der Waals surface area contributed by atoms with Crippen molar-refractivity contribution in [3.05, 3.63) is 71.4 Å². The Morgan fingerprint density at radius 1 is 1.03 bits per heavy atom. The van der Waals surface area contributed by atoms with Gasteiger partial charge >= 0.3 is 0 Å². The van der Waals surface area contributed by atoms with Crippen molar-refractivity contribution in [2.75, 3.05) is 20.3 Å². The summed E-state index contributed by atoms with van der Waals surface area (Å²) in [6.45, 7) is 6.89. The molecule has 2 aromatic carbocycles. The molecule has 0 fully saturated rings. The van der Waals surface area contributed by atoms with E-state index in [1.165, 1.54) is 5.56 Å². The third kappa shape index (κ3) is 3.99. The number of rotatable bonds is 4. The minimum atomic E-state index is 0.597. The normalized spacial score (nSPS) is 14.0. The summed E-state index contributed by atoms with van der Waals surface area (Å²) in [5, 5.41) is 0. The topological polar surface area (TPSA) is 73.3 Å². The van der Waals surface area contributed by atoms with Gasteiger partial charge in [0.15, 0.2) is 11.5 Å². The summed E-state index contributed by atoms with van der Waals surface area (Å²) in [5.74, 6) is 1.53. The van der Waals surface area contributed by atoms with Gasteiger partial charge < -0.3 is 9.47 Å². The second-order valence-electron chi connectivity index (χ2n) is 8.05. The molecule has 5 rings (SSSR count). The highest BCUT2D eigenvalue weighted by Crippen LogP contribution is 2.38. The molecule has 7 nitrogen and oxygen atoms in total. The highest BCUT2D eigenvalue weighted by Gasteiger charge is 2.22. The van der Waals surface area contributed by atoms with Gasteiger partial charge in [-0.15, -0.1) is 0 Å². The second-order valence-corrected chi connectivity index (χ2v) is 8.05. The summed E-state index contributed by atoms with van der Waals surface area (Å²) in [7, 11) is 1.68. The van der Waals surface area contributed by atoms with E-state index < -0.39 is 0 Å². The lowest BCUT2D eigenvalue weighted by Gasteiger charge is -2.20. The lowest BCUT2D eigenvalue weighted by Crippen LogP contribution is -2.25. The molecular formula is C25H25N5O2. The monoisotopic (exact) mass is 427 g/mol. The Bertz CT molecular complexity index is 1290. The predicted octanol–water partition coefficient (Wildman–Crippen LogP) is 4.11. The second kappa shape index (κ2) is 8.51. The molecule has 1 aliphatic heterocycles. The van der Waals surface area contributed by atoms with Gasteiger partial charge in [-0.3, -0.25) is 19.9 Å². The van der Waals surface area contributed by atoms with Crippen LogP contribution in [0.4, 0.5) is 0 Å². The summed E-state index contributed by atoms with van der Waals surface area (Å²) in [6, 6.07) is 10.4. The van der Waals surface area contributed by atoms with Crippen molar-refractivity contribution in [1.29, 1.82) is 0 Å². The first-order chi connectivity index (χ1) is 15.6. The number of methoxy groups -OCH3 is 1. The Balaban J connectivity index is 1.48. The number of aryl methyl sites for hydroxylation is 2. The molecule has 3 heterocycles. The van der Waals surface area contributed by atoms with E-state index >= 15 is 0 Å². The Kier molecular flexibility index (Phi) is 5.41. The number of aromatic nitrogens is 4. The molecule has 0 radical (unpaired) electrons. The third-order valence-electron chi connectivity index (χ3n) is 5.69. The standard InChI is InChI=1S/C25H25N5O2/c1-16-13-28-17(2)24(29-16)19-11-20-15-30(8-9-32-25(20)23(12-19)31-3)14-18-4-5-21-22(10-18)27-7-6-26-21/h4-7,10-13H,8-9,14-15H2,1-3H3. The van der Waals surface area contributed by atoms with Crippen LogP contribution in [0.15, 0.2) is 48.9 Å². The molecular weight excluding hydrogens is 402 g/mol. The lowest BCUT2D eigenvalue weighted by atomic mass is 10.0. The maximum atomic E-state index is 6.13. The molecule has 0 amide bonds. The highest BCUT2D eigenvalue weighted by molar-refractivity contribution is 5.74. The summed E-state index contributed by atoms with van der Waals surface area (Å²) in [4.78, 5) is 20.4. The van der Waals surface area contributed by atoms with Crippen LogP contribution in [0, 0.1) is 13.8 Å². The van der Waals surface area contributed by atoms with Gasteiger partial charge in [0.1, 0.15) is 6.61 Å². The Morgan fingerprint density at radius 3 is 2.72 bits per heavy atom. The lowest BCUT2D eigenvalue weighted by molar-refractivity contribution is 0.217. The van der Waals surface area contributed by atoms with Gasteiger partial charge in [0.25, 0.3) is 0 Å². The zero-order chi connectivity index (χ0) is 22.1. The highest BCUT2D eigenvalue weighted by atomic mass is 16.5. The van der Waals surface area contributed by atoms with Gasteiger partial charge in [-0.25, -0.2) is 4.98 Å². The first-order valence-corrected chi connectivity index (χ1v) is 10.7. The number of benzene rings is 2. The largest absolute Gasteiger partial charge is 0.493 e. The molecule has 0 saturated heterocycles. The van der Waals surface area contributed by atoms with Gasteiger partial charge in [-0.05, 0) is 43.7 Å². The van der Waals surface area contributed by atoms with Crippen LogP contribution in [0.1, 0.15) is 22.5 Å². The van der Waals surface area contributed by atoms with E-state index in [4.69, 9.17) is 14.5 Å². The van der Waals surface area contributed by atoms with E-state index in [1.54, 1.807) is 25.7 Å². The van der Waals surface area contributed by atoms with Gasteiger partial charge in [-0.2, -0.15) is 0 Å². The smallest absolute Gasteiger partial charge is 0.165 e. The number of nitrogens with zero attached hydrogens (tertiary/aromatic N) is 5.